The van der Waals surface area contributed by atoms with Gasteiger partial charge in [-0.25, -0.2) is 4.39 Å². The molecular weight excluding hydrogens is 461 g/mol. The molecule has 4 rings (SSSR count). The van der Waals surface area contributed by atoms with E-state index in [4.69, 9.17) is 17.3 Å². The molecule has 4 nitrogen and oxygen atoms in total. The molecule has 2 heterocycles. The monoisotopic (exact) mass is 499 g/mol. The number of nitrogens with two attached hydrogens (primary N) is 1. The van der Waals surface area contributed by atoms with Gasteiger partial charge in [0.15, 0.2) is 0 Å². The highest BCUT2D eigenvalue weighted by atomic mass is 35.5. The number of hydrogen-bond acceptors (Lipinski definition) is 3. The molecule has 0 bridgehead atoms. The van der Waals surface area contributed by atoms with E-state index in [0.717, 1.165) is 43.4 Å². The second-order valence-electron chi connectivity index (χ2n) is 10.4. The van der Waals surface area contributed by atoms with Crippen molar-refractivity contribution in [2.75, 3.05) is 32.7 Å². The van der Waals surface area contributed by atoms with Gasteiger partial charge in [-0.15, -0.1) is 0 Å². The Morgan fingerprint density at radius 2 is 1.74 bits per heavy atom. The number of likely N-dealkylation sites (tertiary alicyclic amines) is 2. The third-order valence-electron chi connectivity index (χ3n) is 7.84. The van der Waals surface area contributed by atoms with Crippen molar-refractivity contribution < 1.29 is 9.18 Å². The Morgan fingerprint density at radius 3 is 2.40 bits per heavy atom. The Balaban J connectivity index is 1.36. The Bertz CT molecular complexity index is 968. The van der Waals surface area contributed by atoms with Crippen LogP contribution >= 0.6 is 11.6 Å². The lowest BCUT2D eigenvalue weighted by molar-refractivity contribution is -0.133. The van der Waals surface area contributed by atoms with Crippen LogP contribution in [0.1, 0.15) is 61.6 Å². The van der Waals surface area contributed by atoms with Crippen molar-refractivity contribution in [1.29, 1.82) is 0 Å². The van der Waals surface area contributed by atoms with Crippen molar-refractivity contribution in [3.63, 3.8) is 0 Å². The van der Waals surface area contributed by atoms with Crippen molar-refractivity contribution in [3.05, 3.63) is 70.0 Å². The van der Waals surface area contributed by atoms with Gasteiger partial charge in [0.2, 0.25) is 5.91 Å². The lowest BCUT2D eigenvalue weighted by Crippen LogP contribution is -2.47. The summed E-state index contributed by atoms with van der Waals surface area (Å²) in [5, 5.41) is 0.678. The molecule has 2 aromatic rings. The fraction of sp³-hybridized carbons (Fsp3) is 0.552. The average Bonchev–Trinajstić information content (AvgIpc) is 3.38. The number of nitrogens with zero attached hydrogens (tertiary/aromatic N) is 2. The van der Waals surface area contributed by atoms with Crippen LogP contribution in [0.5, 0.6) is 0 Å². The molecule has 2 N–H and O–H groups in total. The van der Waals surface area contributed by atoms with Crippen LogP contribution in [0.4, 0.5) is 4.39 Å². The van der Waals surface area contributed by atoms with E-state index in [2.05, 4.69) is 11.8 Å². The first-order valence-corrected chi connectivity index (χ1v) is 13.6. The van der Waals surface area contributed by atoms with Gasteiger partial charge in [0.05, 0.1) is 6.04 Å². The summed E-state index contributed by atoms with van der Waals surface area (Å²) in [6.45, 7) is 7.12. The van der Waals surface area contributed by atoms with E-state index in [9.17, 15) is 9.18 Å². The van der Waals surface area contributed by atoms with Crippen molar-refractivity contribution in [2.45, 2.75) is 63.8 Å². The molecule has 0 unspecified atom stereocenters. The SMILES string of the molecule is CC[C@H](Cc1cc(F)ccc1C1CCN(C(=O)[C@H](N)Cc2ccc(Cl)cc2)CC1)CN1CCCC1. The number of amides is 1. The van der Waals surface area contributed by atoms with Gasteiger partial charge in [-0.2, -0.15) is 0 Å². The molecule has 0 aromatic heterocycles. The number of halogens is 2. The van der Waals surface area contributed by atoms with Crippen LogP contribution in [0, 0.1) is 11.7 Å². The largest absolute Gasteiger partial charge is 0.341 e. The fourth-order valence-corrected chi connectivity index (χ4v) is 5.86. The second kappa shape index (κ2) is 12.3. The first kappa shape index (κ1) is 26.1. The molecular formula is C29H39ClFN3O. The number of carbonyl (C=O) groups is 1. The highest BCUT2D eigenvalue weighted by molar-refractivity contribution is 6.30. The standard InChI is InChI=1S/C29H39ClFN3O/c1-2-21(20-33-13-3-4-14-33)17-24-19-26(31)9-10-27(24)23-11-15-34(16-12-23)29(35)28(32)18-22-5-7-25(30)8-6-22/h5-10,19,21,23,28H,2-4,11-18,20,32H2,1H3/t21-,28-/m1/s1. The van der Waals surface area contributed by atoms with E-state index >= 15 is 0 Å². The first-order chi connectivity index (χ1) is 16.9. The third kappa shape index (κ3) is 7.05. The first-order valence-electron chi connectivity index (χ1n) is 13.2. The molecule has 2 aliphatic heterocycles. The summed E-state index contributed by atoms with van der Waals surface area (Å²) < 4.78 is 14.2. The van der Waals surface area contributed by atoms with Gasteiger partial charge >= 0.3 is 0 Å². The molecule has 2 atom stereocenters. The Morgan fingerprint density at radius 1 is 1.06 bits per heavy atom. The Labute approximate surface area is 214 Å². The number of benzene rings is 2. The molecule has 0 radical (unpaired) electrons. The lowest BCUT2D eigenvalue weighted by atomic mass is 9.83. The minimum Gasteiger partial charge on any atom is -0.341 e. The van der Waals surface area contributed by atoms with Crippen LogP contribution in [0.15, 0.2) is 42.5 Å². The van der Waals surface area contributed by atoms with Crippen molar-refractivity contribution in [1.82, 2.24) is 9.80 Å². The van der Waals surface area contributed by atoms with Crippen LogP contribution in [0.2, 0.25) is 5.02 Å². The molecule has 2 aromatic carbocycles. The molecule has 35 heavy (non-hydrogen) atoms. The zero-order valence-corrected chi connectivity index (χ0v) is 21.7. The molecule has 0 spiro atoms. The van der Waals surface area contributed by atoms with Crippen molar-refractivity contribution in [3.8, 4) is 0 Å². The van der Waals surface area contributed by atoms with Crippen molar-refractivity contribution in [2.24, 2.45) is 11.7 Å². The Hall–Kier alpha value is -1.95. The summed E-state index contributed by atoms with van der Waals surface area (Å²) in [6, 6.07) is 12.3. The van der Waals surface area contributed by atoms with Crippen LogP contribution < -0.4 is 5.73 Å². The van der Waals surface area contributed by atoms with Gasteiger partial charge in [0.25, 0.3) is 0 Å². The number of piperidine rings is 1. The van der Waals surface area contributed by atoms with Crippen LogP contribution in [0.3, 0.4) is 0 Å². The molecule has 0 saturated carbocycles. The molecule has 2 saturated heterocycles. The molecule has 2 aliphatic rings. The summed E-state index contributed by atoms with van der Waals surface area (Å²) in [6.07, 6.45) is 6.90. The smallest absolute Gasteiger partial charge is 0.239 e. The van der Waals surface area contributed by atoms with E-state index in [1.807, 2.05) is 35.2 Å². The average molecular weight is 500 g/mol. The van der Waals surface area contributed by atoms with Crippen LogP contribution in [0.25, 0.3) is 0 Å². The van der Waals surface area contributed by atoms with E-state index in [1.165, 1.54) is 31.5 Å². The lowest BCUT2D eigenvalue weighted by Gasteiger charge is -2.35. The number of rotatable bonds is 9. The zero-order valence-electron chi connectivity index (χ0n) is 20.9. The van der Waals surface area contributed by atoms with Gasteiger partial charge in [-0.1, -0.05) is 43.1 Å². The van der Waals surface area contributed by atoms with Crippen LogP contribution in [-0.2, 0) is 17.6 Å². The molecule has 190 valence electrons. The Kier molecular flexibility index (Phi) is 9.21. The molecule has 2 fully saturated rings. The molecule has 6 heteroatoms. The predicted molar refractivity (Wildman–Crippen MR) is 141 cm³/mol. The van der Waals surface area contributed by atoms with Gasteiger partial charge in [0, 0.05) is 24.7 Å². The predicted octanol–water partition coefficient (Wildman–Crippen LogP) is 5.42. The normalized spacial score (nSPS) is 19.1. The maximum Gasteiger partial charge on any atom is 0.239 e. The quantitative estimate of drug-likeness (QED) is 0.501. The highest BCUT2D eigenvalue weighted by Gasteiger charge is 2.29. The van der Waals surface area contributed by atoms with E-state index in [0.29, 0.717) is 36.4 Å². The maximum absolute atomic E-state index is 14.2. The molecule has 1 amide bonds. The van der Waals surface area contributed by atoms with Crippen LogP contribution in [-0.4, -0.2) is 54.5 Å². The van der Waals surface area contributed by atoms with Gasteiger partial charge in [-0.05, 0) is 104 Å². The fourth-order valence-electron chi connectivity index (χ4n) is 5.74. The maximum atomic E-state index is 14.2. The summed E-state index contributed by atoms with van der Waals surface area (Å²) in [4.78, 5) is 17.5. The van der Waals surface area contributed by atoms with Gasteiger partial charge in [-0.3, -0.25) is 4.79 Å². The number of carbonyl (C=O) groups excluding carboxylic acids is 1. The van der Waals surface area contributed by atoms with Crippen molar-refractivity contribution >= 4 is 17.5 Å². The summed E-state index contributed by atoms with van der Waals surface area (Å²) in [5.41, 5.74) is 9.71. The van der Waals surface area contributed by atoms with Gasteiger partial charge < -0.3 is 15.5 Å². The third-order valence-corrected chi connectivity index (χ3v) is 8.09. The van der Waals surface area contributed by atoms with E-state index < -0.39 is 6.04 Å². The molecule has 0 aliphatic carbocycles. The summed E-state index contributed by atoms with van der Waals surface area (Å²) in [7, 11) is 0. The van der Waals surface area contributed by atoms with E-state index in [1.54, 1.807) is 12.1 Å². The summed E-state index contributed by atoms with van der Waals surface area (Å²) in [5.74, 6) is 0.752. The second-order valence-corrected chi connectivity index (χ2v) is 10.8. The number of hydrogen-bond donors (Lipinski definition) is 1. The summed E-state index contributed by atoms with van der Waals surface area (Å²) >= 11 is 5.96. The van der Waals surface area contributed by atoms with Gasteiger partial charge in [0.1, 0.15) is 5.82 Å². The topological polar surface area (TPSA) is 49.6 Å². The highest BCUT2D eigenvalue weighted by Crippen LogP contribution is 2.33. The van der Waals surface area contributed by atoms with E-state index in [-0.39, 0.29) is 11.7 Å². The minimum absolute atomic E-state index is 0.00869. The zero-order chi connectivity index (χ0) is 24.8. The minimum atomic E-state index is -0.551.